The lowest BCUT2D eigenvalue weighted by atomic mass is 10.0. The van der Waals surface area contributed by atoms with E-state index in [4.69, 9.17) is 4.98 Å². The van der Waals surface area contributed by atoms with Crippen molar-refractivity contribution in [3.05, 3.63) is 60.4 Å². The molecule has 5 heteroatoms. The molecule has 3 aromatic rings. The summed E-state index contributed by atoms with van der Waals surface area (Å²) in [7, 11) is 0. The number of hydrazone groups is 1. The number of fused-ring (bicyclic) bond motifs is 1. The van der Waals surface area contributed by atoms with Crippen LogP contribution >= 0.6 is 0 Å². The molecule has 0 bridgehead atoms. The van der Waals surface area contributed by atoms with Crippen molar-refractivity contribution in [3.8, 4) is 11.3 Å². The Morgan fingerprint density at radius 3 is 2.67 bits per heavy atom. The van der Waals surface area contributed by atoms with Gasteiger partial charge < -0.3 is 0 Å². The van der Waals surface area contributed by atoms with E-state index in [2.05, 4.69) is 22.4 Å². The minimum absolute atomic E-state index is 0.223. The fourth-order valence-electron chi connectivity index (χ4n) is 2.93. The van der Waals surface area contributed by atoms with Gasteiger partial charge in [-0.3, -0.25) is 9.78 Å². The quantitative estimate of drug-likeness (QED) is 0.367. The number of carbonyl (C=O) groups excluding carboxylic acids is 1. The number of para-hydroxylation sites is 1. The van der Waals surface area contributed by atoms with Crippen molar-refractivity contribution in [3.63, 3.8) is 0 Å². The van der Waals surface area contributed by atoms with E-state index in [0.29, 0.717) is 5.56 Å². The molecular weight excluding hydrogens is 336 g/mol. The molecule has 0 fully saturated rings. The number of benzene rings is 1. The Hall–Kier alpha value is -3.08. The third kappa shape index (κ3) is 4.76. The van der Waals surface area contributed by atoms with Gasteiger partial charge in [0, 0.05) is 29.1 Å². The molecule has 0 spiro atoms. The summed E-state index contributed by atoms with van der Waals surface area (Å²) in [6.45, 7) is 4.12. The third-order valence-electron chi connectivity index (χ3n) is 4.43. The molecule has 0 unspecified atom stereocenters. The number of carbonyl (C=O) groups is 1. The zero-order valence-electron chi connectivity index (χ0n) is 15.8. The van der Waals surface area contributed by atoms with Crippen LogP contribution in [0.4, 0.5) is 0 Å². The van der Waals surface area contributed by atoms with Crippen LogP contribution in [0.1, 0.15) is 49.9 Å². The second-order valence-corrected chi connectivity index (χ2v) is 6.55. The van der Waals surface area contributed by atoms with Crippen molar-refractivity contribution in [2.24, 2.45) is 5.10 Å². The van der Waals surface area contributed by atoms with Gasteiger partial charge in [0.2, 0.25) is 0 Å². The van der Waals surface area contributed by atoms with Gasteiger partial charge in [0.1, 0.15) is 0 Å². The zero-order valence-corrected chi connectivity index (χ0v) is 15.8. The van der Waals surface area contributed by atoms with E-state index in [9.17, 15) is 4.79 Å². The summed E-state index contributed by atoms with van der Waals surface area (Å²) in [6.07, 6.45) is 7.76. The second kappa shape index (κ2) is 9.03. The zero-order chi connectivity index (χ0) is 19.1. The Bertz CT molecular complexity index is 951. The van der Waals surface area contributed by atoms with Crippen molar-refractivity contribution in [2.75, 3.05) is 0 Å². The van der Waals surface area contributed by atoms with Gasteiger partial charge in [0.15, 0.2) is 0 Å². The van der Waals surface area contributed by atoms with E-state index in [-0.39, 0.29) is 5.91 Å². The lowest BCUT2D eigenvalue weighted by Gasteiger charge is -2.09. The van der Waals surface area contributed by atoms with Gasteiger partial charge in [-0.2, -0.15) is 5.10 Å². The van der Waals surface area contributed by atoms with Crippen LogP contribution in [0, 0.1) is 0 Å². The van der Waals surface area contributed by atoms with Crippen LogP contribution in [0.2, 0.25) is 0 Å². The SMILES string of the molecule is CCCCCC(C)=NNC(=O)c1cc(-c2ccncc2)nc2ccccc12. The molecule has 3 rings (SSSR count). The standard InChI is InChI=1S/C22H24N4O/c1-3-4-5-8-16(2)25-26-22(27)19-15-21(17-11-13-23-14-12-17)24-20-10-7-6-9-18(19)20/h6-7,9-15H,3-5,8H2,1-2H3,(H,26,27). The lowest BCUT2D eigenvalue weighted by molar-refractivity contribution is 0.0956. The van der Waals surface area contributed by atoms with Crippen LogP contribution in [0.15, 0.2) is 60.0 Å². The topological polar surface area (TPSA) is 67.2 Å². The molecule has 2 heterocycles. The van der Waals surface area contributed by atoms with Crippen LogP contribution in [0.3, 0.4) is 0 Å². The first-order chi connectivity index (χ1) is 13.2. The number of nitrogens with zero attached hydrogens (tertiary/aromatic N) is 3. The molecule has 0 aliphatic rings. The van der Waals surface area contributed by atoms with Gasteiger partial charge in [0.05, 0.1) is 16.8 Å². The van der Waals surface area contributed by atoms with E-state index in [1.807, 2.05) is 49.4 Å². The number of amides is 1. The highest BCUT2D eigenvalue weighted by Crippen LogP contribution is 2.24. The van der Waals surface area contributed by atoms with Gasteiger partial charge in [-0.05, 0) is 44.0 Å². The highest BCUT2D eigenvalue weighted by atomic mass is 16.2. The first-order valence-corrected chi connectivity index (χ1v) is 9.32. The van der Waals surface area contributed by atoms with E-state index >= 15 is 0 Å². The average Bonchev–Trinajstić information content (AvgIpc) is 2.72. The minimum atomic E-state index is -0.223. The number of nitrogens with one attached hydrogen (secondary N) is 1. The number of rotatable bonds is 7. The maximum atomic E-state index is 12.8. The molecule has 0 aliphatic carbocycles. The maximum absolute atomic E-state index is 12.8. The van der Waals surface area contributed by atoms with Gasteiger partial charge in [-0.15, -0.1) is 0 Å². The van der Waals surface area contributed by atoms with Gasteiger partial charge in [-0.1, -0.05) is 38.0 Å². The molecule has 0 aliphatic heterocycles. The molecule has 2 aromatic heterocycles. The summed E-state index contributed by atoms with van der Waals surface area (Å²) in [4.78, 5) is 21.6. The van der Waals surface area contributed by atoms with Crippen LogP contribution in [0.25, 0.3) is 22.2 Å². The Kier molecular flexibility index (Phi) is 6.26. The highest BCUT2D eigenvalue weighted by molar-refractivity contribution is 6.07. The number of hydrogen-bond acceptors (Lipinski definition) is 4. The molecule has 0 saturated carbocycles. The van der Waals surface area contributed by atoms with Gasteiger partial charge >= 0.3 is 0 Å². The largest absolute Gasteiger partial charge is 0.272 e. The number of hydrogen-bond donors (Lipinski definition) is 1. The summed E-state index contributed by atoms with van der Waals surface area (Å²) in [6, 6.07) is 13.2. The monoisotopic (exact) mass is 360 g/mol. The van der Waals surface area contributed by atoms with Crippen LogP contribution in [-0.4, -0.2) is 21.6 Å². The van der Waals surface area contributed by atoms with Crippen molar-refractivity contribution in [1.82, 2.24) is 15.4 Å². The fraction of sp³-hybridized carbons (Fsp3) is 0.273. The normalized spacial score (nSPS) is 11.6. The van der Waals surface area contributed by atoms with Crippen LogP contribution < -0.4 is 5.43 Å². The molecule has 0 saturated heterocycles. The molecule has 5 nitrogen and oxygen atoms in total. The number of aromatic nitrogens is 2. The first-order valence-electron chi connectivity index (χ1n) is 9.32. The van der Waals surface area contributed by atoms with Crippen LogP contribution in [0.5, 0.6) is 0 Å². The summed E-state index contributed by atoms with van der Waals surface area (Å²) in [5.74, 6) is -0.223. The first kappa shape index (κ1) is 18.7. The predicted octanol–water partition coefficient (Wildman–Crippen LogP) is 4.98. The summed E-state index contributed by atoms with van der Waals surface area (Å²) < 4.78 is 0. The molecule has 138 valence electrons. The van der Waals surface area contributed by atoms with Crippen molar-refractivity contribution in [1.29, 1.82) is 0 Å². The minimum Gasteiger partial charge on any atom is -0.267 e. The Morgan fingerprint density at radius 2 is 1.89 bits per heavy atom. The Balaban J connectivity index is 1.90. The molecule has 1 N–H and O–H groups in total. The summed E-state index contributed by atoms with van der Waals surface area (Å²) in [5, 5.41) is 5.08. The lowest BCUT2D eigenvalue weighted by Crippen LogP contribution is -2.19. The van der Waals surface area contributed by atoms with Gasteiger partial charge in [0.25, 0.3) is 5.91 Å². The van der Waals surface area contributed by atoms with E-state index in [1.54, 1.807) is 12.4 Å². The Morgan fingerprint density at radius 1 is 1.11 bits per heavy atom. The molecule has 0 radical (unpaired) electrons. The maximum Gasteiger partial charge on any atom is 0.272 e. The number of unbranched alkanes of at least 4 members (excludes halogenated alkanes) is 2. The van der Waals surface area contributed by atoms with E-state index in [0.717, 1.165) is 40.7 Å². The van der Waals surface area contributed by atoms with E-state index < -0.39 is 0 Å². The second-order valence-electron chi connectivity index (χ2n) is 6.55. The van der Waals surface area contributed by atoms with E-state index in [1.165, 1.54) is 12.8 Å². The smallest absolute Gasteiger partial charge is 0.267 e. The molecule has 0 atom stereocenters. The third-order valence-corrected chi connectivity index (χ3v) is 4.43. The van der Waals surface area contributed by atoms with Crippen LogP contribution in [-0.2, 0) is 0 Å². The molecule has 1 aromatic carbocycles. The highest BCUT2D eigenvalue weighted by Gasteiger charge is 2.13. The van der Waals surface area contributed by atoms with Gasteiger partial charge in [-0.25, -0.2) is 10.4 Å². The fourth-order valence-corrected chi connectivity index (χ4v) is 2.93. The van der Waals surface area contributed by atoms with Crippen molar-refractivity contribution >= 4 is 22.5 Å². The predicted molar refractivity (Wildman–Crippen MR) is 110 cm³/mol. The molecule has 27 heavy (non-hydrogen) atoms. The van der Waals surface area contributed by atoms with Crippen molar-refractivity contribution < 1.29 is 4.79 Å². The summed E-state index contributed by atoms with van der Waals surface area (Å²) >= 11 is 0. The number of pyridine rings is 2. The van der Waals surface area contributed by atoms with Crippen molar-refractivity contribution in [2.45, 2.75) is 39.5 Å². The average molecular weight is 360 g/mol. The Labute approximate surface area is 159 Å². The molecular formula is C22H24N4O. The summed E-state index contributed by atoms with van der Waals surface area (Å²) in [5.41, 5.74) is 6.65. The molecule has 1 amide bonds.